The third-order valence-corrected chi connectivity index (χ3v) is 3.32. The molecule has 0 saturated carbocycles. The Bertz CT molecular complexity index is 410. The molecular weight excluding hydrogens is 232 g/mol. The minimum absolute atomic E-state index is 0.0578. The Hall–Kier alpha value is -1.43. The Morgan fingerprint density at radius 3 is 3.00 bits per heavy atom. The topological polar surface area (TPSA) is 80.0 Å². The van der Waals surface area contributed by atoms with Crippen LogP contribution in [0, 0.1) is 6.92 Å². The molecule has 0 bridgehead atoms. The molecule has 6 heteroatoms. The minimum Gasteiger partial charge on any atom is -0.354 e. The fourth-order valence-corrected chi connectivity index (χ4v) is 2.18. The summed E-state index contributed by atoms with van der Waals surface area (Å²) in [6, 6.07) is 0. The maximum atomic E-state index is 12.1. The molecule has 1 aromatic rings. The molecule has 2 heterocycles. The third kappa shape index (κ3) is 3.07. The van der Waals surface area contributed by atoms with Gasteiger partial charge in [-0.1, -0.05) is 5.16 Å². The van der Waals surface area contributed by atoms with Crippen molar-refractivity contribution in [3.63, 3.8) is 0 Å². The van der Waals surface area contributed by atoms with Gasteiger partial charge in [-0.15, -0.1) is 0 Å². The number of nitrogens with one attached hydrogen (secondary N) is 2. The molecule has 0 spiro atoms. The van der Waals surface area contributed by atoms with Crippen molar-refractivity contribution >= 4 is 5.91 Å². The predicted octanol–water partition coefficient (Wildman–Crippen LogP) is 0.569. The van der Waals surface area contributed by atoms with Gasteiger partial charge in [-0.25, -0.2) is 0 Å². The first kappa shape index (κ1) is 13.0. The average molecular weight is 252 g/mol. The number of rotatable bonds is 4. The van der Waals surface area contributed by atoms with E-state index in [0.717, 1.165) is 25.8 Å². The van der Waals surface area contributed by atoms with Gasteiger partial charge < -0.3 is 15.2 Å². The number of aromatic nitrogens is 2. The van der Waals surface area contributed by atoms with Crippen LogP contribution in [0.4, 0.5) is 0 Å². The zero-order valence-electron chi connectivity index (χ0n) is 11.0. The Morgan fingerprint density at radius 1 is 1.56 bits per heavy atom. The van der Waals surface area contributed by atoms with E-state index in [1.54, 1.807) is 6.92 Å². The molecule has 0 aliphatic carbocycles. The van der Waals surface area contributed by atoms with Crippen LogP contribution >= 0.6 is 0 Å². The highest BCUT2D eigenvalue weighted by atomic mass is 16.5. The fraction of sp³-hybridized carbons (Fsp3) is 0.750. The van der Waals surface area contributed by atoms with Gasteiger partial charge in [-0.2, -0.15) is 4.98 Å². The fourth-order valence-electron chi connectivity index (χ4n) is 2.18. The van der Waals surface area contributed by atoms with Gasteiger partial charge in [0.2, 0.25) is 11.8 Å². The van der Waals surface area contributed by atoms with Gasteiger partial charge >= 0.3 is 0 Å². The summed E-state index contributed by atoms with van der Waals surface area (Å²) in [7, 11) is 0. The Morgan fingerprint density at radius 2 is 2.39 bits per heavy atom. The van der Waals surface area contributed by atoms with Crippen LogP contribution in [0.25, 0.3) is 0 Å². The van der Waals surface area contributed by atoms with Gasteiger partial charge in [0.15, 0.2) is 5.82 Å². The molecule has 1 saturated heterocycles. The molecule has 0 radical (unpaired) electrons. The lowest BCUT2D eigenvalue weighted by atomic mass is 9.90. The Kier molecular flexibility index (Phi) is 3.96. The lowest BCUT2D eigenvalue weighted by molar-refractivity contribution is -0.127. The zero-order valence-corrected chi connectivity index (χ0v) is 11.0. The summed E-state index contributed by atoms with van der Waals surface area (Å²) in [5, 5.41) is 10.0. The zero-order chi connectivity index (χ0) is 13.0. The van der Waals surface area contributed by atoms with E-state index in [9.17, 15) is 4.79 Å². The van der Waals surface area contributed by atoms with Crippen LogP contribution in [0.3, 0.4) is 0 Å². The molecule has 1 fully saturated rings. The standard InChI is InChI=1S/C12H20N4O2/c1-9-15-10(16-18-9)5-8-13-11(17)12(2)6-3-4-7-14-12/h14H,3-8H2,1-2H3,(H,13,17). The van der Waals surface area contributed by atoms with Gasteiger partial charge in [-0.05, 0) is 32.7 Å². The van der Waals surface area contributed by atoms with Gasteiger partial charge in [0, 0.05) is 19.9 Å². The minimum atomic E-state index is -0.425. The van der Waals surface area contributed by atoms with Crippen molar-refractivity contribution in [2.45, 2.75) is 45.1 Å². The van der Waals surface area contributed by atoms with E-state index in [4.69, 9.17) is 4.52 Å². The largest absolute Gasteiger partial charge is 0.354 e. The van der Waals surface area contributed by atoms with Crippen LogP contribution in [-0.2, 0) is 11.2 Å². The van der Waals surface area contributed by atoms with Gasteiger partial charge in [0.1, 0.15) is 0 Å². The van der Waals surface area contributed by atoms with E-state index >= 15 is 0 Å². The first-order chi connectivity index (χ1) is 8.60. The molecule has 100 valence electrons. The predicted molar refractivity (Wildman–Crippen MR) is 66.0 cm³/mol. The smallest absolute Gasteiger partial charge is 0.240 e. The van der Waals surface area contributed by atoms with Crippen molar-refractivity contribution in [3.05, 3.63) is 11.7 Å². The second-order valence-electron chi connectivity index (χ2n) is 4.95. The monoisotopic (exact) mass is 252 g/mol. The molecular formula is C12H20N4O2. The molecule has 2 N–H and O–H groups in total. The third-order valence-electron chi connectivity index (χ3n) is 3.32. The summed E-state index contributed by atoms with van der Waals surface area (Å²) in [4.78, 5) is 16.2. The molecule has 0 aromatic carbocycles. The molecule has 1 atom stereocenters. The summed E-state index contributed by atoms with van der Waals surface area (Å²) in [6.07, 6.45) is 3.73. The van der Waals surface area contributed by atoms with Crippen LogP contribution in [0.1, 0.15) is 37.9 Å². The van der Waals surface area contributed by atoms with Gasteiger partial charge in [0.25, 0.3) is 0 Å². The first-order valence-electron chi connectivity index (χ1n) is 6.43. The SMILES string of the molecule is Cc1nc(CCNC(=O)C2(C)CCCCN2)no1. The van der Waals surface area contributed by atoms with Gasteiger partial charge in [-0.3, -0.25) is 4.79 Å². The van der Waals surface area contributed by atoms with Crippen LogP contribution in [-0.4, -0.2) is 34.7 Å². The van der Waals surface area contributed by atoms with E-state index in [0.29, 0.717) is 24.7 Å². The van der Waals surface area contributed by atoms with E-state index < -0.39 is 5.54 Å². The average Bonchev–Trinajstić information content (AvgIpc) is 2.76. The molecule has 1 amide bonds. The summed E-state index contributed by atoms with van der Waals surface area (Å²) in [6.45, 7) is 5.16. The molecule has 6 nitrogen and oxygen atoms in total. The number of amides is 1. The number of carbonyl (C=O) groups excluding carboxylic acids is 1. The molecule has 18 heavy (non-hydrogen) atoms. The summed E-state index contributed by atoms with van der Waals surface area (Å²) < 4.78 is 4.87. The Balaban J connectivity index is 1.77. The normalized spacial score (nSPS) is 23.9. The highest BCUT2D eigenvalue weighted by Crippen LogP contribution is 2.18. The van der Waals surface area contributed by atoms with Crippen LogP contribution in [0.2, 0.25) is 0 Å². The summed E-state index contributed by atoms with van der Waals surface area (Å²) in [5.74, 6) is 1.24. The number of aryl methyl sites for hydroxylation is 1. The van der Waals surface area contributed by atoms with E-state index in [-0.39, 0.29) is 5.91 Å². The van der Waals surface area contributed by atoms with Crippen molar-refractivity contribution in [3.8, 4) is 0 Å². The van der Waals surface area contributed by atoms with Crippen LogP contribution < -0.4 is 10.6 Å². The van der Waals surface area contributed by atoms with E-state index in [1.807, 2.05) is 6.92 Å². The second kappa shape index (κ2) is 5.48. The van der Waals surface area contributed by atoms with Crippen molar-refractivity contribution in [1.82, 2.24) is 20.8 Å². The number of piperidine rings is 1. The maximum absolute atomic E-state index is 12.1. The lowest BCUT2D eigenvalue weighted by Gasteiger charge is -2.33. The maximum Gasteiger partial charge on any atom is 0.240 e. The summed E-state index contributed by atoms with van der Waals surface area (Å²) >= 11 is 0. The van der Waals surface area contributed by atoms with Crippen LogP contribution in [0.15, 0.2) is 4.52 Å². The number of hydrogen-bond donors (Lipinski definition) is 2. The van der Waals surface area contributed by atoms with Crippen molar-refractivity contribution in [1.29, 1.82) is 0 Å². The van der Waals surface area contributed by atoms with E-state index in [1.165, 1.54) is 0 Å². The number of carbonyl (C=O) groups is 1. The molecule has 1 aromatic heterocycles. The van der Waals surface area contributed by atoms with Crippen molar-refractivity contribution in [2.75, 3.05) is 13.1 Å². The number of nitrogens with zero attached hydrogens (tertiary/aromatic N) is 2. The first-order valence-corrected chi connectivity index (χ1v) is 6.43. The molecule has 1 unspecified atom stereocenters. The van der Waals surface area contributed by atoms with Crippen molar-refractivity contribution in [2.24, 2.45) is 0 Å². The molecule has 2 rings (SSSR count). The van der Waals surface area contributed by atoms with Crippen LogP contribution in [0.5, 0.6) is 0 Å². The molecule has 1 aliphatic rings. The highest BCUT2D eigenvalue weighted by Gasteiger charge is 2.33. The van der Waals surface area contributed by atoms with Gasteiger partial charge in [0.05, 0.1) is 5.54 Å². The second-order valence-corrected chi connectivity index (χ2v) is 4.95. The lowest BCUT2D eigenvalue weighted by Crippen LogP contribution is -2.57. The molecule has 1 aliphatic heterocycles. The van der Waals surface area contributed by atoms with Crippen molar-refractivity contribution < 1.29 is 9.32 Å². The Labute approximate surface area is 107 Å². The quantitative estimate of drug-likeness (QED) is 0.819. The number of hydrogen-bond acceptors (Lipinski definition) is 5. The highest BCUT2D eigenvalue weighted by molar-refractivity contribution is 5.85. The van der Waals surface area contributed by atoms with E-state index in [2.05, 4.69) is 20.8 Å². The summed E-state index contributed by atoms with van der Waals surface area (Å²) in [5.41, 5.74) is -0.425.